The SMILES string of the molecule is Cc1nnc(-c2ccc(C(F)(F)F)cc2)n1-c1ccccc1. The number of alkyl halides is 3. The summed E-state index contributed by atoms with van der Waals surface area (Å²) in [6.45, 7) is 1.80. The Bertz CT molecular complexity index is 775. The third-order valence-corrected chi connectivity index (χ3v) is 3.31. The summed E-state index contributed by atoms with van der Waals surface area (Å²) in [6.07, 6.45) is -4.35. The molecule has 22 heavy (non-hydrogen) atoms. The Labute approximate surface area is 125 Å². The van der Waals surface area contributed by atoms with E-state index in [2.05, 4.69) is 10.2 Å². The van der Waals surface area contributed by atoms with Crippen LogP contribution in [0, 0.1) is 6.92 Å². The summed E-state index contributed by atoms with van der Waals surface area (Å²) in [5, 5.41) is 8.12. The first-order valence-corrected chi connectivity index (χ1v) is 6.62. The van der Waals surface area contributed by atoms with Gasteiger partial charge >= 0.3 is 6.18 Å². The van der Waals surface area contributed by atoms with Gasteiger partial charge in [0, 0.05) is 11.3 Å². The molecule has 0 radical (unpaired) electrons. The Morgan fingerprint density at radius 2 is 1.50 bits per heavy atom. The van der Waals surface area contributed by atoms with Crippen LogP contribution in [0.5, 0.6) is 0 Å². The average molecular weight is 303 g/mol. The van der Waals surface area contributed by atoms with Gasteiger partial charge in [0.25, 0.3) is 0 Å². The van der Waals surface area contributed by atoms with Crippen molar-refractivity contribution in [2.45, 2.75) is 13.1 Å². The monoisotopic (exact) mass is 303 g/mol. The van der Waals surface area contributed by atoms with Gasteiger partial charge in [0.05, 0.1) is 5.56 Å². The Morgan fingerprint density at radius 3 is 2.09 bits per heavy atom. The highest BCUT2D eigenvalue weighted by Gasteiger charge is 2.30. The maximum absolute atomic E-state index is 12.6. The Balaban J connectivity index is 2.07. The first kappa shape index (κ1) is 14.3. The first-order chi connectivity index (χ1) is 10.5. The molecule has 1 heterocycles. The summed E-state index contributed by atoms with van der Waals surface area (Å²) in [7, 11) is 0. The molecule has 6 heteroatoms. The number of benzene rings is 2. The third-order valence-electron chi connectivity index (χ3n) is 3.31. The van der Waals surface area contributed by atoms with Crippen LogP contribution in [0.3, 0.4) is 0 Å². The number of rotatable bonds is 2. The quantitative estimate of drug-likeness (QED) is 0.708. The average Bonchev–Trinajstić information content (AvgIpc) is 2.89. The number of nitrogens with zero attached hydrogens (tertiary/aromatic N) is 3. The molecule has 0 saturated heterocycles. The lowest BCUT2D eigenvalue weighted by Crippen LogP contribution is -2.04. The van der Waals surface area contributed by atoms with Gasteiger partial charge in [-0.05, 0) is 31.2 Å². The van der Waals surface area contributed by atoms with E-state index in [9.17, 15) is 13.2 Å². The van der Waals surface area contributed by atoms with E-state index in [1.165, 1.54) is 12.1 Å². The van der Waals surface area contributed by atoms with Crippen molar-refractivity contribution in [2.75, 3.05) is 0 Å². The number of para-hydroxylation sites is 1. The van der Waals surface area contributed by atoms with Crippen LogP contribution in [0.1, 0.15) is 11.4 Å². The van der Waals surface area contributed by atoms with Crippen LogP contribution < -0.4 is 0 Å². The minimum Gasteiger partial charge on any atom is -0.279 e. The van der Waals surface area contributed by atoms with Crippen molar-refractivity contribution in [3.05, 3.63) is 66.0 Å². The molecule has 112 valence electrons. The van der Waals surface area contributed by atoms with Crippen molar-refractivity contribution in [1.29, 1.82) is 0 Å². The summed E-state index contributed by atoms with van der Waals surface area (Å²) in [5.41, 5.74) is 0.760. The molecular formula is C16H12F3N3. The molecule has 0 saturated carbocycles. The molecule has 3 nitrogen and oxygen atoms in total. The number of halogens is 3. The topological polar surface area (TPSA) is 30.7 Å². The van der Waals surface area contributed by atoms with Crippen LogP contribution in [0.2, 0.25) is 0 Å². The molecule has 0 spiro atoms. The molecule has 0 amide bonds. The zero-order valence-corrected chi connectivity index (χ0v) is 11.7. The van der Waals surface area contributed by atoms with E-state index in [1.807, 2.05) is 34.9 Å². The Hall–Kier alpha value is -2.63. The molecule has 0 fully saturated rings. The highest BCUT2D eigenvalue weighted by atomic mass is 19.4. The van der Waals surface area contributed by atoms with E-state index in [4.69, 9.17) is 0 Å². The predicted octanol–water partition coefficient (Wildman–Crippen LogP) is 4.26. The smallest absolute Gasteiger partial charge is 0.279 e. The normalized spacial score (nSPS) is 11.6. The third kappa shape index (κ3) is 2.59. The molecule has 3 rings (SSSR count). The maximum Gasteiger partial charge on any atom is 0.416 e. The molecule has 0 atom stereocenters. The van der Waals surface area contributed by atoms with Crippen molar-refractivity contribution >= 4 is 0 Å². The predicted molar refractivity (Wildman–Crippen MR) is 76.5 cm³/mol. The number of hydrogen-bond acceptors (Lipinski definition) is 2. The number of hydrogen-bond donors (Lipinski definition) is 0. The molecule has 3 aromatic rings. The molecule has 1 aromatic heterocycles. The van der Waals surface area contributed by atoms with Crippen LogP contribution in [-0.2, 0) is 6.18 Å². The molecule has 0 unspecified atom stereocenters. The van der Waals surface area contributed by atoms with Crippen LogP contribution in [0.25, 0.3) is 17.1 Å². The van der Waals surface area contributed by atoms with Crippen molar-refractivity contribution in [1.82, 2.24) is 14.8 Å². The summed E-state index contributed by atoms with van der Waals surface area (Å²) in [4.78, 5) is 0. The fraction of sp³-hybridized carbons (Fsp3) is 0.125. The van der Waals surface area contributed by atoms with Crippen molar-refractivity contribution < 1.29 is 13.2 Å². The van der Waals surface area contributed by atoms with Gasteiger partial charge in [-0.15, -0.1) is 10.2 Å². The molecule has 0 N–H and O–H groups in total. The van der Waals surface area contributed by atoms with Gasteiger partial charge in [0.1, 0.15) is 5.82 Å². The van der Waals surface area contributed by atoms with Gasteiger partial charge in [0.15, 0.2) is 5.82 Å². The summed E-state index contributed by atoms with van der Waals surface area (Å²) in [5.74, 6) is 1.18. The standard InChI is InChI=1S/C16H12F3N3/c1-11-20-21-15(22(11)14-5-3-2-4-6-14)12-7-9-13(10-8-12)16(17,18)19/h2-10H,1H3. The van der Waals surface area contributed by atoms with Gasteiger partial charge in [-0.2, -0.15) is 13.2 Å². The van der Waals surface area contributed by atoms with Gasteiger partial charge in [-0.1, -0.05) is 30.3 Å². The second-order valence-corrected chi connectivity index (χ2v) is 4.82. The Morgan fingerprint density at radius 1 is 0.864 bits per heavy atom. The summed E-state index contributed by atoms with van der Waals surface area (Å²) >= 11 is 0. The highest BCUT2D eigenvalue weighted by molar-refractivity contribution is 5.59. The van der Waals surface area contributed by atoms with E-state index >= 15 is 0 Å². The molecule has 2 aromatic carbocycles. The van der Waals surface area contributed by atoms with E-state index < -0.39 is 11.7 Å². The molecule has 0 aliphatic rings. The lowest BCUT2D eigenvalue weighted by atomic mass is 10.1. The number of aromatic nitrogens is 3. The lowest BCUT2D eigenvalue weighted by molar-refractivity contribution is -0.137. The molecule has 0 aliphatic carbocycles. The van der Waals surface area contributed by atoms with Crippen molar-refractivity contribution in [3.8, 4) is 17.1 Å². The first-order valence-electron chi connectivity index (χ1n) is 6.62. The lowest BCUT2D eigenvalue weighted by Gasteiger charge is -2.10. The van der Waals surface area contributed by atoms with E-state index in [0.29, 0.717) is 17.2 Å². The fourth-order valence-corrected chi connectivity index (χ4v) is 2.24. The molecule has 0 bridgehead atoms. The van der Waals surface area contributed by atoms with Crippen LogP contribution >= 0.6 is 0 Å². The van der Waals surface area contributed by atoms with Crippen LogP contribution in [0.15, 0.2) is 54.6 Å². The van der Waals surface area contributed by atoms with Crippen molar-refractivity contribution in [3.63, 3.8) is 0 Å². The van der Waals surface area contributed by atoms with E-state index in [0.717, 1.165) is 17.8 Å². The zero-order valence-electron chi connectivity index (χ0n) is 11.7. The second-order valence-electron chi connectivity index (χ2n) is 4.82. The minimum atomic E-state index is -4.35. The zero-order chi connectivity index (χ0) is 15.7. The Kier molecular flexibility index (Phi) is 3.44. The summed E-state index contributed by atoms with van der Waals surface area (Å²) in [6, 6.07) is 14.4. The van der Waals surface area contributed by atoms with E-state index in [-0.39, 0.29) is 0 Å². The number of aryl methyl sites for hydroxylation is 1. The van der Waals surface area contributed by atoms with Crippen LogP contribution in [0.4, 0.5) is 13.2 Å². The van der Waals surface area contributed by atoms with Gasteiger partial charge in [-0.3, -0.25) is 4.57 Å². The van der Waals surface area contributed by atoms with Crippen molar-refractivity contribution in [2.24, 2.45) is 0 Å². The largest absolute Gasteiger partial charge is 0.416 e. The van der Waals surface area contributed by atoms with Gasteiger partial charge < -0.3 is 0 Å². The van der Waals surface area contributed by atoms with E-state index in [1.54, 1.807) is 6.92 Å². The second kappa shape index (κ2) is 5.29. The van der Waals surface area contributed by atoms with Crippen LogP contribution in [-0.4, -0.2) is 14.8 Å². The molecule has 0 aliphatic heterocycles. The van der Waals surface area contributed by atoms with Gasteiger partial charge in [-0.25, -0.2) is 0 Å². The van der Waals surface area contributed by atoms with Gasteiger partial charge in [0.2, 0.25) is 0 Å². The minimum absolute atomic E-state index is 0.512. The highest BCUT2D eigenvalue weighted by Crippen LogP contribution is 2.31. The molecular weight excluding hydrogens is 291 g/mol. The maximum atomic E-state index is 12.6. The summed E-state index contributed by atoms with van der Waals surface area (Å²) < 4.78 is 39.7. The fourth-order valence-electron chi connectivity index (χ4n) is 2.24.